The van der Waals surface area contributed by atoms with E-state index in [1.54, 1.807) is 31.2 Å². The number of hydrogen-bond donors (Lipinski definition) is 4. The topological polar surface area (TPSA) is 187 Å². The molecular formula is C40H51N7O8. The summed E-state index contributed by atoms with van der Waals surface area (Å²) in [6.07, 6.45) is 3.04. The van der Waals surface area contributed by atoms with Gasteiger partial charge in [0.1, 0.15) is 42.9 Å². The average molecular weight is 758 g/mol. The summed E-state index contributed by atoms with van der Waals surface area (Å²) in [5.74, 6) is -3.44. The quantitative estimate of drug-likeness (QED) is 0.322. The molecule has 4 aliphatic heterocycles. The Labute approximate surface area is 320 Å². The number of piperidine rings is 1. The summed E-state index contributed by atoms with van der Waals surface area (Å²) in [7, 11) is 0. The zero-order valence-corrected chi connectivity index (χ0v) is 31.6. The van der Waals surface area contributed by atoms with Gasteiger partial charge >= 0.3 is 12.0 Å². The molecule has 0 aliphatic carbocycles. The van der Waals surface area contributed by atoms with E-state index in [0.717, 1.165) is 11.1 Å². The van der Waals surface area contributed by atoms with E-state index in [1.807, 2.05) is 44.2 Å². The lowest BCUT2D eigenvalue weighted by Crippen LogP contribution is -2.62. The molecule has 7 unspecified atom stereocenters. The summed E-state index contributed by atoms with van der Waals surface area (Å²) in [5.41, 5.74) is 2.27. The van der Waals surface area contributed by atoms with Crippen LogP contribution in [-0.4, -0.2) is 119 Å². The molecule has 7 atom stereocenters. The largest absolute Gasteiger partial charge is 0.461 e. The Balaban J connectivity index is 1.29. The Morgan fingerprint density at radius 2 is 1.51 bits per heavy atom. The minimum absolute atomic E-state index is 0.0451. The second-order valence-corrected chi connectivity index (χ2v) is 15.2. The Hall–Kier alpha value is -5.47. The van der Waals surface area contributed by atoms with Gasteiger partial charge in [-0.05, 0) is 76.0 Å². The first-order valence-corrected chi connectivity index (χ1v) is 19.3. The number of hydrogen-bond acceptors (Lipinski definition) is 8. The van der Waals surface area contributed by atoms with Crippen LogP contribution in [0.4, 0.5) is 10.5 Å². The lowest BCUT2D eigenvalue weighted by Gasteiger charge is -2.39. The van der Waals surface area contributed by atoms with Gasteiger partial charge in [0.05, 0.1) is 0 Å². The summed E-state index contributed by atoms with van der Waals surface area (Å²) in [5, 5.41) is 11.0. The number of carbonyl (C=O) groups is 7. The number of fused-ring (bicyclic) bond motifs is 3. The minimum atomic E-state index is -1.43. The van der Waals surface area contributed by atoms with Gasteiger partial charge in [-0.25, -0.2) is 9.59 Å². The van der Waals surface area contributed by atoms with Gasteiger partial charge in [-0.3, -0.25) is 24.0 Å². The molecule has 15 heteroatoms. The van der Waals surface area contributed by atoms with Crippen molar-refractivity contribution < 1.29 is 38.3 Å². The zero-order chi connectivity index (χ0) is 39.2. The maximum atomic E-state index is 14.5. The monoisotopic (exact) mass is 757 g/mol. The first-order valence-electron chi connectivity index (χ1n) is 19.3. The van der Waals surface area contributed by atoms with Crippen molar-refractivity contribution in [2.75, 3.05) is 31.6 Å². The zero-order valence-electron chi connectivity index (χ0n) is 31.6. The van der Waals surface area contributed by atoms with Crippen molar-refractivity contribution in [3.63, 3.8) is 0 Å². The van der Waals surface area contributed by atoms with Crippen LogP contribution in [-0.2, 0) is 39.9 Å². The summed E-state index contributed by atoms with van der Waals surface area (Å²) < 4.78 is 5.75. The summed E-state index contributed by atoms with van der Waals surface area (Å²) >= 11 is 0. The molecular weight excluding hydrogens is 706 g/mol. The number of esters is 1. The Morgan fingerprint density at radius 1 is 0.818 bits per heavy atom. The molecule has 0 saturated carbocycles. The lowest BCUT2D eigenvalue weighted by atomic mass is 9.99. The fourth-order valence-corrected chi connectivity index (χ4v) is 8.01. The first-order chi connectivity index (χ1) is 26.4. The van der Waals surface area contributed by atoms with E-state index in [9.17, 15) is 33.6 Å². The molecule has 4 heterocycles. The average Bonchev–Trinajstić information content (AvgIpc) is 3.83. The van der Waals surface area contributed by atoms with Crippen molar-refractivity contribution in [2.24, 2.45) is 5.92 Å². The van der Waals surface area contributed by atoms with Crippen LogP contribution in [0.3, 0.4) is 0 Å². The molecule has 4 saturated heterocycles. The summed E-state index contributed by atoms with van der Waals surface area (Å²) in [6, 6.07) is 9.31. The standard InChI is InChI=1S/C40H51N7O8/c1-24-14-16-28(17-15-24)42-40(54)44-29(21-27-10-5-4-6-11-27)34(48)43-30-23-55-39(53)33-20-25(2)22-47(33)36(50)26(3)41-35(49)31-12-7-8-18-45(31)38(52)32-13-9-19-46(32)37(30)51/h4-6,10-11,14-17,25-26,29-33H,7-9,12-13,18-23H2,1-3H3,(H,41,49)(H,43,48)(H2,42,44,54). The molecule has 4 fully saturated rings. The molecule has 0 radical (unpaired) electrons. The van der Waals surface area contributed by atoms with Crippen molar-refractivity contribution in [3.8, 4) is 0 Å². The number of ether oxygens (including phenoxy) is 1. The van der Waals surface area contributed by atoms with Crippen LogP contribution in [0.25, 0.3) is 0 Å². The van der Waals surface area contributed by atoms with E-state index in [4.69, 9.17) is 4.74 Å². The first kappa shape index (κ1) is 39.2. The van der Waals surface area contributed by atoms with E-state index in [1.165, 1.54) is 14.7 Å². The van der Waals surface area contributed by atoms with E-state index in [-0.39, 0.29) is 31.3 Å². The maximum Gasteiger partial charge on any atom is 0.328 e. The predicted octanol–water partition coefficient (Wildman–Crippen LogP) is 1.88. The minimum Gasteiger partial charge on any atom is -0.461 e. The lowest BCUT2D eigenvalue weighted by molar-refractivity contribution is -0.158. The number of urea groups is 1. The van der Waals surface area contributed by atoms with Gasteiger partial charge < -0.3 is 40.7 Å². The molecule has 55 heavy (non-hydrogen) atoms. The van der Waals surface area contributed by atoms with Crippen molar-refractivity contribution in [1.29, 1.82) is 0 Å². The predicted molar refractivity (Wildman–Crippen MR) is 201 cm³/mol. The van der Waals surface area contributed by atoms with Gasteiger partial charge in [0.25, 0.3) is 0 Å². The molecule has 0 spiro atoms. The highest BCUT2D eigenvalue weighted by Crippen LogP contribution is 2.28. The number of cyclic esters (lactones) is 1. The smallest absolute Gasteiger partial charge is 0.328 e. The fraction of sp³-hybridized carbons (Fsp3) is 0.525. The number of anilines is 1. The van der Waals surface area contributed by atoms with E-state index in [2.05, 4.69) is 21.3 Å². The van der Waals surface area contributed by atoms with Crippen molar-refractivity contribution in [3.05, 3.63) is 65.7 Å². The molecule has 0 bridgehead atoms. The third kappa shape index (κ3) is 9.26. The third-order valence-corrected chi connectivity index (χ3v) is 10.9. The van der Waals surface area contributed by atoms with Gasteiger partial charge in [-0.15, -0.1) is 0 Å². The molecule has 15 nitrogen and oxygen atoms in total. The van der Waals surface area contributed by atoms with Crippen LogP contribution in [0.1, 0.15) is 63.5 Å². The molecule has 2 aromatic rings. The van der Waals surface area contributed by atoms with Gasteiger partial charge in [0, 0.05) is 31.7 Å². The highest BCUT2D eigenvalue weighted by Gasteiger charge is 2.46. The van der Waals surface area contributed by atoms with Crippen LogP contribution in [0.2, 0.25) is 0 Å². The number of nitrogens with zero attached hydrogens (tertiary/aromatic N) is 3. The second kappa shape index (κ2) is 17.3. The summed E-state index contributed by atoms with van der Waals surface area (Å²) in [4.78, 5) is 101. The number of benzene rings is 2. The molecule has 0 aromatic heterocycles. The number of aryl methyl sites for hydroxylation is 1. The van der Waals surface area contributed by atoms with Gasteiger partial charge in [0.2, 0.25) is 29.5 Å². The Bertz CT molecular complexity index is 1770. The van der Waals surface area contributed by atoms with Gasteiger partial charge in [-0.2, -0.15) is 0 Å². The molecule has 7 amide bonds. The molecule has 4 aliphatic rings. The van der Waals surface area contributed by atoms with E-state index < -0.39 is 78.5 Å². The van der Waals surface area contributed by atoms with Crippen LogP contribution < -0.4 is 21.3 Å². The summed E-state index contributed by atoms with van der Waals surface area (Å²) in [6.45, 7) is 5.61. The highest BCUT2D eigenvalue weighted by atomic mass is 16.5. The van der Waals surface area contributed by atoms with Crippen LogP contribution >= 0.6 is 0 Å². The Morgan fingerprint density at radius 3 is 2.25 bits per heavy atom. The molecule has 294 valence electrons. The van der Waals surface area contributed by atoms with E-state index in [0.29, 0.717) is 50.8 Å². The fourth-order valence-electron chi connectivity index (χ4n) is 8.01. The van der Waals surface area contributed by atoms with Crippen molar-refractivity contribution in [2.45, 2.75) is 102 Å². The van der Waals surface area contributed by atoms with Gasteiger partial charge in [0.15, 0.2) is 0 Å². The van der Waals surface area contributed by atoms with Crippen LogP contribution in [0.5, 0.6) is 0 Å². The number of amides is 7. The van der Waals surface area contributed by atoms with Gasteiger partial charge in [-0.1, -0.05) is 55.0 Å². The normalized spacial score (nSPS) is 27.0. The van der Waals surface area contributed by atoms with Crippen LogP contribution in [0, 0.1) is 12.8 Å². The number of rotatable bonds is 6. The Kier molecular flexibility index (Phi) is 12.4. The highest BCUT2D eigenvalue weighted by molar-refractivity contribution is 5.98. The molecule has 6 rings (SSSR count). The number of nitrogens with one attached hydrogen (secondary N) is 4. The van der Waals surface area contributed by atoms with Crippen molar-refractivity contribution >= 4 is 47.2 Å². The SMILES string of the molecule is Cc1ccc(NC(=O)NC(Cc2ccccc2)C(=O)NC2COC(=O)C3CC(C)CN3C(=O)C(C)NC(=O)C3CCCCN3C(=O)C3CCCN3C2=O)cc1. The number of carbonyl (C=O) groups excluding carboxylic acids is 7. The van der Waals surface area contributed by atoms with Crippen molar-refractivity contribution in [1.82, 2.24) is 30.7 Å². The maximum absolute atomic E-state index is 14.5. The van der Waals surface area contributed by atoms with E-state index >= 15 is 0 Å². The molecule has 4 N–H and O–H groups in total. The van der Waals surface area contributed by atoms with Crippen LogP contribution in [0.15, 0.2) is 54.6 Å². The third-order valence-electron chi connectivity index (χ3n) is 10.9. The second-order valence-electron chi connectivity index (χ2n) is 15.2. The molecule has 2 aromatic carbocycles.